The number of phenolic OH excluding ortho intramolecular Hbond substituents is 1. The van der Waals surface area contributed by atoms with Gasteiger partial charge >= 0.3 is 18.1 Å². The zero-order chi connectivity index (χ0) is 19.3. The molecule has 0 unspecified atom stereocenters. The van der Waals surface area contributed by atoms with E-state index in [-0.39, 0.29) is 22.6 Å². The molecule has 0 spiro atoms. The Morgan fingerprint density at radius 2 is 1.92 bits per heavy atom. The Hall–Kier alpha value is -2.69. The largest absolute Gasteiger partial charge is 0.504 e. The van der Waals surface area contributed by atoms with Crippen LogP contribution in [0.15, 0.2) is 21.9 Å². The molecule has 1 aliphatic heterocycles. The summed E-state index contributed by atoms with van der Waals surface area (Å²) in [5.41, 5.74) is -0.568. The van der Waals surface area contributed by atoms with Crippen molar-refractivity contribution in [1.82, 2.24) is 0 Å². The van der Waals surface area contributed by atoms with Crippen LogP contribution in [0.5, 0.6) is 17.2 Å². The van der Waals surface area contributed by atoms with Crippen LogP contribution in [0.4, 0.5) is 17.6 Å². The summed E-state index contributed by atoms with van der Waals surface area (Å²) >= 11 is 0. The highest BCUT2D eigenvalue weighted by atomic mass is 19.3. The number of alkyl halides is 4. The van der Waals surface area contributed by atoms with Gasteiger partial charge in [0, 0.05) is 0 Å². The number of aliphatic hydroxyl groups is 1. The van der Waals surface area contributed by atoms with Crippen molar-refractivity contribution in [3.63, 3.8) is 0 Å². The second-order valence-electron chi connectivity index (χ2n) is 5.47. The maximum absolute atomic E-state index is 13.6. The minimum Gasteiger partial charge on any atom is -0.504 e. The smallest absolute Gasteiger partial charge is 0.373 e. The van der Waals surface area contributed by atoms with Gasteiger partial charge in [-0.3, -0.25) is 0 Å². The molecule has 0 radical (unpaired) electrons. The van der Waals surface area contributed by atoms with Crippen LogP contribution in [0, 0.1) is 0 Å². The highest BCUT2D eigenvalue weighted by Gasteiger charge is 2.65. The minimum absolute atomic E-state index is 0.0426. The molecule has 0 saturated carbocycles. The van der Waals surface area contributed by atoms with Crippen molar-refractivity contribution in [2.24, 2.45) is 5.16 Å². The predicted molar refractivity (Wildman–Crippen MR) is 79.1 cm³/mol. The van der Waals surface area contributed by atoms with Crippen molar-refractivity contribution in [1.29, 1.82) is 0 Å². The van der Waals surface area contributed by atoms with E-state index in [9.17, 15) is 27.8 Å². The molecule has 0 saturated heterocycles. The maximum Gasteiger partial charge on any atom is 0.373 e. The van der Waals surface area contributed by atoms with Crippen LogP contribution < -0.4 is 9.47 Å². The second-order valence-corrected chi connectivity index (χ2v) is 5.47. The van der Waals surface area contributed by atoms with Crippen molar-refractivity contribution >= 4 is 16.7 Å². The molecular formula is C15H13F4NO6. The van der Waals surface area contributed by atoms with E-state index in [0.29, 0.717) is 5.39 Å². The number of phenols is 1. The monoisotopic (exact) mass is 379 g/mol. The molecule has 142 valence electrons. The molecule has 2 N–H and O–H groups in total. The van der Waals surface area contributed by atoms with Gasteiger partial charge in [-0.05, 0) is 6.07 Å². The third-order valence-electron chi connectivity index (χ3n) is 4.00. The summed E-state index contributed by atoms with van der Waals surface area (Å²) in [5.74, 6) is -9.27. The van der Waals surface area contributed by atoms with Crippen LogP contribution in [-0.2, 0) is 4.84 Å². The molecule has 2 heterocycles. The van der Waals surface area contributed by atoms with Crippen LogP contribution in [-0.4, -0.2) is 48.3 Å². The number of furan rings is 1. The topological polar surface area (TPSA) is 93.7 Å². The third-order valence-corrected chi connectivity index (χ3v) is 4.00. The number of benzene rings is 1. The first-order chi connectivity index (χ1) is 12.2. The van der Waals surface area contributed by atoms with Crippen molar-refractivity contribution in [2.75, 3.05) is 14.2 Å². The highest BCUT2D eigenvalue weighted by molar-refractivity contribution is 6.12. The lowest BCUT2D eigenvalue weighted by Gasteiger charge is -2.28. The molecule has 1 aromatic heterocycles. The van der Waals surface area contributed by atoms with Gasteiger partial charge in [-0.2, -0.15) is 8.78 Å². The normalized spacial score (nSPS) is 20.4. The van der Waals surface area contributed by atoms with Crippen molar-refractivity contribution in [3.8, 4) is 17.2 Å². The molecule has 0 bridgehead atoms. The first-order valence-electron chi connectivity index (χ1n) is 7.15. The van der Waals surface area contributed by atoms with Gasteiger partial charge in [-0.25, -0.2) is 8.78 Å². The lowest BCUT2D eigenvalue weighted by Crippen LogP contribution is -2.52. The molecule has 0 amide bonds. The van der Waals surface area contributed by atoms with Crippen LogP contribution in [0.3, 0.4) is 0 Å². The highest BCUT2D eigenvalue weighted by Crippen LogP contribution is 2.49. The molecule has 2 aromatic rings. The predicted octanol–water partition coefficient (Wildman–Crippen LogP) is 2.87. The Bertz CT molecular complexity index is 881. The number of rotatable bonds is 5. The van der Waals surface area contributed by atoms with Gasteiger partial charge in [-0.15, -0.1) is 0 Å². The summed E-state index contributed by atoms with van der Waals surface area (Å²) in [6.07, 6.45) is -4.04. The molecule has 0 fully saturated rings. The summed E-state index contributed by atoms with van der Waals surface area (Å²) in [7, 11) is 2.45. The average molecular weight is 379 g/mol. The number of fused-ring (bicyclic) bond motifs is 1. The van der Waals surface area contributed by atoms with Gasteiger partial charge in [0.1, 0.15) is 11.5 Å². The van der Waals surface area contributed by atoms with Gasteiger partial charge < -0.3 is 28.9 Å². The van der Waals surface area contributed by atoms with Crippen LogP contribution in [0.2, 0.25) is 0 Å². The summed E-state index contributed by atoms with van der Waals surface area (Å²) in [5, 5.41) is 23.9. The van der Waals surface area contributed by atoms with E-state index in [1.165, 1.54) is 26.5 Å². The number of methoxy groups -OCH3 is 2. The number of hydrogen-bond donors (Lipinski definition) is 2. The standard InChI is InChI=1S/C15H13F4NO6/c1-23-10-6-3-4-25-11(6)12(24-2)9(21)8(10)7-5-14(22,26-20-7)15(18,19)13(16)17/h3-4,13,21-22H,5H2,1-2H3/t14-/m1/s1. The number of ether oxygens (including phenoxy) is 2. The molecule has 26 heavy (non-hydrogen) atoms. The fourth-order valence-corrected chi connectivity index (χ4v) is 2.70. The summed E-state index contributed by atoms with van der Waals surface area (Å²) in [6.45, 7) is 0. The second kappa shape index (κ2) is 5.94. The minimum atomic E-state index is -4.90. The molecule has 1 atom stereocenters. The van der Waals surface area contributed by atoms with Crippen LogP contribution in [0.25, 0.3) is 11.0 Å². The molecule has 0 aliphatic carbocycles. The summed E-state index contributed by atoms with van der Waals surface area (Å²) < 4.78 is 67.9. The Kier molecular flexibility index (Phi) is 4.14. The lowest BCUT2D eigenvalue weighted by molar-refractivity contribution is -0.338. The van der Waals surface area contributed by atoms with Crippen molar-refractivity contribution in [2.45, 2.75) is 24.6 Å². The van der Waals surface area contributed by atoms with Gasteiger partial charge in [-0.1, -0.05) is 5.16 Å². The molecule has 11 heteroatoms. The van der Waals surface area contributed by atoms with Crippen LogP contribution >= 0.6 is 0 Å². The SMILES string of the molecule is COc1c(C2=NO[C@@](O)(C(F)(F)C(F)F)C2)c(O)c(OC)c2occc12. The number of aromatic hydroxyl groups is 1. The quantitative estimate of drug-likeness (QED) is 0.776. The molecule has 1 aliphatic rings. The fourth-order valence-electron chi connectivity index (χ4n) is 2.70. The average Bonchev–Trinajstić information content (AvgIpc) is 3.21. The Morgan fingerprint density at radius 3 is 2.50 bits per heavy atom. The molecule has 7 nitrogen and oxygen atoms in total. The summed E-state index contributed by atoms with van der Waals surface area (Å²) in [4.78, 5) is 4.24. The Labute approximate surface area is 143 Å². The first-order valence-corrected chi connectivity index (χ1v) is 7.15. The summed E-state index contributed by atoms with van der Waals surface area (Å²) in [6, 6.07) is 1.45. The Morgan fingerprint density at radius 1 is 1.27 bits per heavy atom. The molecule has 1 aromatic carbocycles. The van der Waals surface area contributed by atoms with Gasteiger partial charge in [0.05, 0.1) is 37.9 Å². The van der Waals surface area contributed by atoms with Gasteiger partial charge in [0.25, 0.3) is 0 Å². The van der Waals surface area contributed by atoms with E-state index in [2.05, 4.69) is 9.99 Å². The maximum atomic E-state index is 13.6. The first kappa shape index (κ1) is 18.1. The number of hydrogen-bond acceptors (Lipinski definition) is 7. The van der Waals surface area contributed by atoms with Gasteiger partial charge in [0.15, 0.2) is 11.3 Å². The van der Waals surface area contributed by atoms with Gasteiger partial charge in [0.2, 0.25) is 5.75 Å². The van der Waals surface area contributed by atoms with Crippen molar-refractivity contribution in [3.05, 3.63) is 17.9 Å². The lowest BCUT2D eigenvalue weighted by atomic mass is 9.96. The van der Waals surface area contributed by atoms with E-state index in [0.717, 1.165) is 0 Å². The van der Waals surface area contributed by atoms with E-state index < -0.39 is 36.0 Å². The number of oxime groups is 1. The molecular weight excluding hydrogens is 366 g/mol. The Balaban J connectivity index is 2.14. The third kappa shape index (κ3) is 2.34. The number of halogens is 4. The van der Waals surface area contributed by atoms with Crippen LogP contribution in [0.1, 0.15) is 12.0 Å². The zero-order valence-corrected chi connectivity index (χ0v) is 13.4. The zero-order valence-electron chi connectivity index (χ0n) is 13.4. The van der Waals surface area contributed by atoms with E-state index in [1.54, 1.807) is 0 Å². The fraction of sp³-hybridized carbons (Fsp3) is 0.400. The number of nitrogens with zero attached hydrogens (tertiary/aromatic N) is 1. The van der Waals surface area contributed by atoms with E-state index in [1.807, 2.05) is 0 Å². The van der Waals surface area contributed by atoms with Crippen molar-refractivity contribution < 1.29 is 46.5 Å². The van der Waals surface area contributed by atoms with E-state index >= 15 is 0 Å². The molecule has 3 rings (SSSR count). The van der Waals surface area contributed by atoms with E-state index in [4.69, 9.17) is 13.9 Å².